The van der Waals surface area contributed by atoms with Crippen molar-refractivity contribution in [3.05, 3.63) is 108 Å². The van der Waals surface area contributed by atoms with Crippen molar-refractivity contribution in [2.75, 3.05) is 5.32 Å². The minimum absolute atomic E-state index is 0.0822. The van der Waals surface area contributed by atoms with Crippen LogP contribution in [0.2, 0.25) is 0 Å². The van der Waals surface area contributed by atoms with Gasteiger partial charge in [0, 0.05) is 29.2 Å². The first-order valence-corrected chi connectivity index (χ1v) is 8.72. The van der Waals surface area contributed by atoms with Gasteiger partial charge in [0.25, 0.3) is 0 Å². The van der Waals surface area contributed by atoms with Gasteiger partial charge in [0.1, 0.15) is 11.9 Å². The Morgan fingerprint density at radius 1 is 0.769 bits per heavy atom. The number of aliphatic imine (C=N–C) groups is 1. The van der Waals surface area contributed by atoms with Crippen LogP contribution in [-0.2, 0) is 0 Å². The molecule has 3 nitrogen and oxygen atoms in total. The molecule has 0 radical (unpaired) electrons. The van der Waals surface area contributed by atoms with E-state index in [9.17, 15) is 0 Å². The summed E-state index contributed by atoms with van der Waals surface area (Å²) < 4.78 is 0. The topological polar surface area (TPSA) is 37.3 Å². The van der Waals surface area contributed by atoms with Crippen LogP contribution in [0.3, 0.4) is 0 Å². The van der Waals surface area contributed by atoms with E-state index in [1.165, 1.54) is 16.3 Å². The van der Waals surface area contributed by atoms with Gasteiger partial charge in [0.05, 0.1) is 0 Å². The summed E-state index contributed by atoms with van der Waals surface area (Å²) in [6, 6.07) is 27.0. The monoisotopic (exact) mass is 335 g/mol. The Bertz CT molecular complexity index is 1100. The average molecular weight is 335 g/mol. The zero-order valence-electron chi connectivity index (χ0n) is 14.1. The number of hydrogen-bond donors (Lipinski definition) is 1. The van der Waals surface area contributed by atoms with Gasteiger partial charge in [0.15, 0.2) is 0 Å². The van der Waals surface area contributed by atoms with E-state index in [-0.39, 0.29) is 6.04 Å². The Hall–Kier alpha value is -3.46. The van der Waals surface area contributed by atoms with Gasteiger partial charge in [-0.05, 0) is 28.5 Å². The Balaban J connectivity index is 1.76. The summed E-state index contributed by atoms with van der Waals surface area (Å²) in [5, 5.41) is 5.98. The summed E-state index contributed by atoms with van der Waals surface area (Å²) in [6.07, 6.45) is 3.71. The molecule has 0 saturated carbocycles. The van der Waals surface area contributed by atoms with E-state index in [1.54, 1.807) is 6.20 Å². The summed E-state index contributed by atoms with van der Waals surface area (Å²) in [4.78, 5) is 9.40. The number of fused-ring (bicyclic) bond motifs is 3. The Kier molecular flexibility index (Phi) is 3.49. The summed E-state index contributed by atoms with van der Waals surface area (Å²) in [7, 11) is 0. The van der Waals surface area contributed by atoms with Gasteiger partial charge in [-0.25, -0.2) is 0 Å². The van der Waals surface area contributed by atoms with E-state index >= 15 is 0 Å². The zero-order chi connectivity index (χ0) is 17.3. The first-order valence-electron chi connectivity index (χ1n) is 8.72. The molecular weight excluding hydrogens is 318 g/mol. The fourth-order valence-corrected chi connectivity index (χ4v) is 3.57. The van der Waals surface area contributed by atoms with E-state index in [4.69, 9.17) is 4.99 Å². The van der Waals surface area contributed by atoms with Gasteiger partial charge in [-0.1, -0.05) is 66.7 Å². The Morgan fingerprint density at radius 3 is 2.46 bits per heavy atom. The number of amidine groups is 1. The molecule has 124 valence electrons. The lowest BCUT2D eigenvalue weighted by molar-refractivity contribution is 0.864. The molecule has 0 amide bonds. The summed E-state index contributed by atoms with van der Waals surface area (Å²) in [6.45, 7) is 0. The molecule has 1 aromatic heterocycles. The van der Waals surface area contributed by atoms with Gasteiger partial charge >= 0.3 is 0 Å². The minimum Gasteiger partial charge on any atom is -0.340 e. The number of benzene rings is 3. The predicted octanol–water partition coefficient (Wildman–Crippen LogP) is 5.20. The van der Waals surface area contributed by atoms with Gasteiger partial charge < -0.3 is 5.32 Å². The Labute approximate surface area is 152 Å². The fraction of sp³-hybridized carbons (Fsp3) is 0.0435. The molecule has 0 saturated heterocycles. The highest BCUT2D eigenvalue weighted by molar-refractivity contribution is 6.11. The first-order chi connectivity index (χ1) is 12.9. The third-order valence-corrected chi connectivity index (χ3v) is 4.80. The molecule has 3 heteroatoms. The van der Waals surface area contributed by atoms with Crippen LogP contribution in [0.25, 0.3) is 10.8 Å². The maximum Gasteiger partial charge on any atom is 0.133 e. The Morgan fingerprint density at radius 2 is 1.62 bits per heavy atom. The smallest absolute Gasteiger partial charge is 0.133 e. The molecule has 1 atom stereocenters. The number of rotatable bonds is 2. The van der Waals surface area contributed by atoms with E-state index in [2.05, 4.69) is 64.9 Å². The molecule has 0 spiro atoms. The van der Waals surface area contributed by atoms with E-state index in [0.29, 0.717) is 0 Å². The van der Waals surface area contributed by atoms with Gasteiger partial charge in [-0.3, -0.25) is 9.98 Å². The maximum absolute atomic E-state index is 5.08. The van der Waals surface area contributed by atoms with Crippen LogP contribution in [0, 0.1) is 0 Å². The minimum atomic E-state index is -0.0822. The van der Waals surface area contributed by atoms with Crippen molar-refractivity contribution in [1.82, 2.24) is 4.98 Å². The van der Waals surface area contributed by atoms with Crippen LogP contribution >= 0.6 is 0 Å². The van der Waals surface area contributed by atoms with E-state index < -0.39 is 0 Å². The number of nitrogens with zero attached hydrogens (tertiary/aromatic N) is 2. The van der Waals surface area contributed by atoms with Crippen LogP contribution in [0.5, 0.6) is 0 Å². The summed E-state index contributed by atoms with van der Waals surface area (Å²) >= 11 is 0. The average Bonchev–Trinajstić information content (AvgIpc) is 2.74. The molecule has 4 aromatic rings. The lowest BCUT2D eigenvalue weighted by atomic mass is 9.91. The lowest BCUT2D eigenvalue weighted by Gasteiger charge is -2.27. The van der Waals surface area contributed by atoms with Crippen molar-refractivity contribution in [2.45, 2.75) is 6.04 Å². The molecular formula is C23H17N3. The van der Waals surface area contributed by atoms with Gasteiger partial charge in [-0.2, -0.15) is 0 Å². The third-order valence-electron chi connectivity index (χ3n) is 4.80. The second-order valence-corrected chi connectivity index (χ2v) is 6.41. The zero-order valence-corrected chi connectivity index (χ0v) is 14.1. The number of hydrogen-bond acceptors (Lipinski definition) is 3. The van der Waals surface area contributed by atoms with Crippen LogP contribution in [-0.4, -0.2) is 10.8 Å². The van der Waals surface area contributed by atoms with Crippen molar-refractivity contribution in [3.63, 3.8) is 0 Å². The lowest BCUT2D eigenvalue weighted by Crippen LogP contribution is -2.22. The highest BCUT2D eigenvalue weighted by Gasteiger charge is 2.25. The van der Waals surface area contributed by atoms with Crippen LogP contribution < -0.4 is 5.32 Å². The molecule has 0 fully saturated rings. The second-order valence-electron chi connectivity index (χ2n) is 6.41. The predicted molar refractivity (Wildman–Crippen MR) is 107 cm³/mol. The molecule has 1 N–H and O–H groups in total. The SMILES string of the molecule is c1ccc(C2=NC(c3cccnc3)c3c(ccc4ccccc34)N2)cc1. The van der Waals surface area contributed by atoms with Crippen molar-refractivity contribution in [3.8, 4) is 0 Å². The number of nitrogens with one attached hydrogen (secondary N) is 1. The summed E-state index contributed by atoms with van der Waals surface area (Å²) in [5.74, 6) is 0.891. The van der Waals surface area contributed by atoms with Gasteiger partial charge in [-0.15, -0.1) is 0 Å². The number of aromatic nitrogens is 1. The van der Waals surface area contributed by atoms with Crippen molar-refractivity contribution in [2.24, 2.45) is 4.99 Å². The molecule has 3 aromatic carbocycles. The standard InChI is InChI=1S/C23H17N3/c1-2-8-17(9-3-1)23-25-20-13-12-16-7-4-5-11-19(16)21(20)22(26-23)18-10-6-14-24-15-18/h1-15,22H,(H,25,26). The molecule has 1 aliphatic rings. The molecule has 1 aliphatic heterocycles. The highest BCUT2D eigenvalue weighted by atomic mass is 15.0. The van der Waals surface area contributed by atoms with Crippen LogP contribution in [0.1, 0.15) is 22.7 Å². The number of anilines is 1. The second kappa shape index (κ2) is 6.12. The molecule has 1 unspecified atom stereocenters. The van der Waals surface area contributed by atoms with Gasteiger partial charge in [0.2, 0.25) is 0 Å². The number of pyridine rings is 1. The van der Waals surface area contributed by atoms with Crippen LogP contribution in [0.15, 0.2) is 96.2 Å². The van der Waals surface area contributed by atoms with E-state index in [1.807, 2.05) is 30.5 Å². The molecule has 5 rings (SSSR count). The normalized spacial score (nSPS) is 15.8. The van der Waals surface area contributed by atoms with E-state index in [0.717, 1.165) is 22.6 Å². The highest BCUT2D eigenvalue weighted by Crippen LogP contribution is 2.40. The quantitative estimate of drug-likeness (QED) is 0.547. The van der Waals surface area contributed by atoms with Crippen molar-refractivity contribution >= 4 is 22.3 Å². The van der Waals surface area contributed by atoms with Crippen LogP contribution in [0.4, 0.5) is 5.69 Å². The summed E-state index contributed by atoms with van der Waals surface area (Å²) in [5.41, 5.74) is 4.49. The molecule has 0 aliphatic carbocycles. The first kappa shape index (κ1) is 14.8. The molecule has 26 heavy (non-hydrogen) atoms. The molecule has 0 bridgehead atoms. The largest absolute Gasteiger partial charge is 0.340 e. The molecule has 2 heterocycles. The van der Waals surface area contributed by atoms with Crippen molar-refractivity contribution < 1.29 is 0 Å². The van der Waals surface area contributed by atoms with Crippen molar-refractivity contribution in [1.29, 1.82) is 0 Å². The fourth-order valence-electron chi connectivity index (χ4n) is 3.57. The maximum atomic E-state index is 5.08. The third kappa shape index (κ3) is 2.45.